The molecule has 3 heteroatoms. The third-order valence-corrected chi connectivity index (χ3v) is 2.36. The van der Waals surface area contributed by atoms with E-state index in [-0.39, 0.29) is 12.6 Å². The van der Waals surface area contributed by atoms with Gasteiger partial charge in [0, 0.05) is 0 Å². The Morgan fingerprint density at radius 1 is 1.18 bits per heavy atom. The molecule has 0 aromatic heterocycles. The molecule has 0 heterocycles. The number of carbonyl (C=O) groups is 1. The fourth-order valence-electron chi connectivity index (χ4n) is 1.36. The standard InChI is InChI=1S/C14H20O3/c1-2-3-10-17-14(15)12-16-11-9-13-7-5-4-6-8-13/h4-8H,2-3,9-12H2,1H3. The highest BCUT2D eigenvalue weighted by Crippen LogP contribution is 1.99. The number of hydrogen-bond acceptors (Lipinski definition) is 3. The molecule has 1 aromatic carbocycles. The summed E-state index contributed by atoms with van der Waals surface area (Å²) >= 11 is 0. The van der Waals surface area contributed by atoms with Crippen LogP contribution in [0.4, 0.5) is 0 Å². The molecular weight excluding hydrogens is 216 g/mol. The van der Waals surface area contributed by atoms with Gasteiger partial charge in [0.1, 0.15) is 6.61 Å². The van der Waals surface area contributed by atoms with Gasteiger partial charge in [0.2, 0.25) is 0 Å². The number of hydrogen-bond donors (Lipinski definition) is 0. The number of ether oxygens (including phenoxy) is 2. The summed E-state index contributed by atoms with van der Waals surface area (Å²) in [5, 5.41) is 0. The van der Waals surface area contributed by atoms with E-state index in [2.05, 4.69) is 6.92 Å². The molecule has 1 rings (SSSR count). The van der Waals surface area contributed by atoms with E-state index in [4.69, 9.17) is 9.47 Å². The second-order valence-electron chi connectivity index (χ2n) is 3.86. The molecule has 0 fully saturated rings. The largest absolute Gasteiger partial charge is 0.464 e. The van der Waals surface area contributed by atoms with E-state index in [1.165, 1.54) is 5.56 Å². The summed E-state index contributed by atoms with van der Waals surface area (Å²) in [6.45, 7) is 3.16. The summed E-state index contributed by atoms with van der Waals surface area (Å²) in [6.07, 6.45) is 2.76. The molecule has 0 radical (unpaired) electrons. The summed E-state index contributed by atoms with van der Waals surface area (Å²) in [7, 11) is 0. The van der Waals surface area contributed by atoms with Crippen LogP contribution in [-0.2, 0) is 20.7 Å². The minimum atomic E-state index is -0.272. The predicted octanol–water partition coefficient (Wildman–Crippen LogP) is 2.59. The molecule has 0 saturated carbocycles. The highest BCUT2D eigenvalue weighted by molar-refractivity contribution is 5.70. The van der Waals surface area contributed by atoms with Crippen molar-refractivity contribution in [2.75, 3.05) is 19.8 Å². The van der Waals surface area contributed by atoms with E-state index in [1.807, 2.05) is 30.3 Å². The van der Waals surface area contributed by atoms with Gasteiger partial charge in [-0.2, -0.15) is 0 Å². The monoisotopic (exact) mass is 236 g/mol. The molecule has 0 aliphatic heterocycles. The van der Waals surface area contributed by atoms with Gasteiger partial charge in [-0.05, 0) is 18.4 Å². The van der Waals surface area contributed by atoms with E-state index >= 15 is 0 Å². The predicted molar refractivity (Wildman–Crippen MR) is 66.8 cm³/mol. The highest BCUT2D eigenvalue weighted by Gasteiger charge is 2.02. The Kier molecular flexibility index (Phi) is 7.07. The molecule has 3 nitrogen and oxygen atoms in total. The van der Waals surface area contributed by atoms with Gasteiger partial charge in [-0.15, -0.1) is 0 Å². The summed E-state index contributed by atoms with van der Waals surface area (Å²) in [5.74, 6) is -0.272. The van der Waals surface area contributed by atoms with Gasteiger partial charge < -0.3 is 9.47 Å². The lowest BCUT2D eigenvalue weighted by atomic mass is 10.2. The average Bonchev–Trinajstić information content (AvgIpc) is 2.36. The summed E-state index contributed by atoms with van der Waals surface area (Å²) in [5.41, 5.74) is 1.21. The minimum Gasteiger partial charge on any atom is -0.464 e. The second-order valence-corrected chi connectivity index (χ2v) is 3.86. The number of unbranched alkanes of at least 4 members (excludes halogenated alkanes) is 1. The van der Waals surface area contributed by atoms with Crippen molar-refractivity contribution in [2.24, 2.45) is 0 Å². The Labute approximate surface area is 103 Å². The van der Waals surface area contributed by atoms with Gasteiger partial charge in [-0.25, -0.2) is 4.79 Å². The first-order valence-electron chi connectivity index (χ1n) is 6.10. The van der Waals surface area contributed by atoms with Gasteiger partial charge >= 0.3 is 5.97 Å². The maximum atomic E-state index is 11.2. The van der Waals surface area contributed by atoms with E-state index < -0.39 is 0 Å². The molecule has 0 atom stereocenters. The lowest BCUT2D eigenvalue weighted by Crippen LogP contribution is -2.14. The van der Waals surface area contributed by atoms with Crippen LogP contribution >= 0.6 is 0 Å². The third-order valence-electron chi connectivity index (χ3n) is 2.36. The van der Waals surface area contributed by atoms with Crippen molar-refractivity contribution in [1.29, 1.82) is 0 Å². The first kappa shape index (κ1) is 13.7. The molecule has 0 N–H and O–H groups in total. The van der Waals surface area contributed by atoms with Crippen LogP contribution in [0.15, 0.2) is 30.3 Å². The SMILES string of the molecule is CCCCOC(=O)COCCc1ccccc1. The number of benzene rings is 1. The highest BCUT2D eigenvalue weighted by atomic mass is 16.6. The zero-order valence-electron chi connectivity index (χ0n) is 10.4. The van der Waals surface area contributed by atoms with Crippen LogP contribution in [0, 0.1) is 0 Å². The number of esters is 1. The molecule has 0 saturated heterocycles. The molecule has 0 aliphatic carbocycles. The van der Waals surface area contributed by atoms with E-state index in [0.717, 1.165) is 19.3 Å². The topological polar surface area (TPSA) is 35.5 Å². The van der Waals surface area contributed by atoms with Crippen LogP contribution in [0.1, 0.15) is 25.3 Å². The van der Waals surface area contributed by atoms with Crippen LogP contribution in [0.3, 0.4) is 0 Å². The van der Waals surface area contributed by atoms with Crippen molar-refractivity contribution < 1.29 is 14.3 Å². The first-order valence-corrected chi connectivity index (χ1v) is 6.10. The van der Waals surface area contributed by atoms with Gasteiger partial charge in [0.25, 0.3) is 0 Å². The zero-order valence-corrected chi connectivity index (χ0v) is 10.4. The summed E-state index contributed by atoms with van der Waals surface area (Å²) in [4.78, 5) is 11.2. The van der Waals surface area contributed by atoms with Crippen molar-refractivity contribution in [3.8, 4) is 0 Å². The maximum Gasteiger partial charge on any atom is 0.332 e. The van der Waals surface area contributed by atoms with Crippen molar-refractivity contribution in [3.63, 3.8) is 0 Å². The molecule has 94 valence electrons. The molecule has 0 amide bonds. The van der Waals surface area contributed by atoms with Gasteiger partial charge in [0.05, 0.1) is 13.2 Å². The van der Waals surface area contributed by atoms with Crippen LogP contribution in [0.2, 0.25) is 0 Å². The smallest absolute Gasteiger partial charge is 0.332 e. The molecule has 0 bridgehead atoms. The van der Waals surface area contributed by atoms with Crippen molar-refractivity contribution >= 4 is 5.97 Å². The molecule has 0 spiro atoms. The summed E-state index contributed by atoms with van der Waals surface area (Å²) in [6, 6.07) is 10.1. The van der Waals surface area contributed by atoms with Gasteiger partial charge in [-0.3, -0.25) is 0 Å². The Balaban J connectivity index is 2.02. The van der Waals surface area contributed by atoms with Crippen molar-refractivity contribution in [2.45, 2.75) is 26.2 Å². The second kappa shape index (κ2) is 8.76. The Bertz CT molecular complexity index is 309. The van der Waals surface area contributed by atoms with E-state index in [9.17, 15) is 4.79 Å². The van der Waals surface area contributed by atoms with Crippen LogP contribution in [0.5, 0.6) is 0 Å². The van der Waals surface area contributed by atoms with Crippen molar-refractivity contribution in [1.82, 2.24) is 0 Å². The average molecular weight is 236 g/mol. The van der Waals surface area contributed by atoms with Crippen LogP contribution in [0.25, 0.3) is 0 Å². The fraction of sp³-hybridized carbons (Fsp3) is 0.500. The molecular formula is C14H20O3. The zero-order chi connectivity index (χ0) is 12.3. The van der Waals surface area contributed by atoms with E-state index in [0.29, 0.717) is 13.2 Å². The first-order chi connectivity index (χ1) is 8.33. The number of rotatable bonds is 8. The molecule has 17 heavy (non-hydrogen) atoms. The Hall–Kier alpha value is -1.35. The molecule has 0 aliphatic rings. The minimum absolute atomic E-state index is 0.0521. The lowest BCUT2D eigenvalue weighted by Gasteiger charge is -2.05. The fourth-order valence-corrected chi connectivity index (χ4v) is 1.36. The normalized spacial score (nSPS) is 10.2. The molecule has 0 unspecified atom stereocenters. The Morgan fingerprint density at radius 2 is 1.94 bits per heavy atom. The van der Waals surface area contributed by atoms with Gasteiger partial charge in [-0.1, -0.05) is 43.7 Å². The quantitative estimate of drug-likeness (QED) is 0.514. The maximum absolute atomic E-state index is 11.2. The van der Waals surface area contributed by atoms with Crippen LogP contribution in [-0.4, -0.2) is 25.8 Å². The Morgan fingerprint density at radius 3 is 2.65 bits per heavy atom. The van der Waals surface area contributed by atoms with Crippen molar-refractivity contribution in [3.05, 3.63) is 35.9 Å². The summed E-state index contributed by atoms with van der Waals surface area (Å²) < 4.78 is 10.2. The van der Waals surface area contributed by atoms with Gasteiger partial charge in [0.15, 0.2) is 0 Å². The van der Waals surface area contributed by atoms with Crippen LogP contribution < -0.4 is 0 Å². The molecule has 1 aromatic rings. The number of carbonyl (C=O) groups excluding carboxylic acids is 1. The van der Waals surface area contributed by atoms with E-state index in [1.54, 1.807) is 0 Å². The lowest BCUT2D eigenvalue weighted by molar-refractivity contribution is -0.149. The third kappa shape index (κ3) is 6.74.